The zero-order chi connectivity index (χ0) is 21.7. The number of halogens is 1. The predicted molar refractivity (Wildman–Crippen MR) is 119 cm³/mol. The van der Waals surface area contributed by atoms with Crippen molar-refractivity contribution in [2.75, 3.05) is 11.1 Å². The Morgan fingerprint density at radius 2 is 1.60 bits per heavy atom. The minimum Gasteiger partial charge on any atom is -0.437 e. The van der Waals surface area contributed by atoms with Crippen LogP contribution in [0.15, 0.2) is 40.9 Å². The number of nitriles is 2. The van der Waals surface area contributed by atoms with E-state index in [1.54, 1.807) is 24.3 Å². The molecule has 150 valence electrons. The Bertz CT molecular complexity index is 1140. The predicted octanol–water partition coefficient (Wildman–Crippen LogP) is 5.23. The molecular formula is C22H19BrN6O. The molecule has 3 N–H and O–H groups in total. The van der Waals surface area contributed by atoms with Crippen LogP contribution < -0.4 is 15.8 Å². The molecule has 2 aromatic carbocycles. The van der Waals surface area contributed by atoms with E-state index in [2.05, 4.69) is 43.4 Å². The van der Waals surface area contributed by atoms with Gasteiger partial charge in [0.2, 0.25) is 11.8 Å². The maximum atomic E-state index is 9.29. The highest BCUT2D eigenvalue weighted by Gasteiger charge is 2.17. The SMILES string of the molecule is CCc1cc(C#N)cc(CC)c1Oc1nc(Nc2ccc(C#N)cc2)nc(N)c1Br. The molecule has 0 bridgehead atoms. The van der Waals surface area contributed by atoms with Gasteiger partial charge >= 0.3 is 0 Å². The first-order valence-electron chi connectivity index (χ1n) is 9.32. The van der Waals surface area contributed by atoms with Crippen LogP contribution >= 0.6 is 15.9 Å². The first kappa shape index (κ1) is 21.1. The Labute approximate surface area is 183 Å². The van der Waals surface area contributed by atoms with Gasteiger partial charge in [0.05, 0.1) is 23.3 Å². The van der Waals surface area contributed by atoms with Crippen molar-refractivity contribution >= 4 is 33.4 Å². The molecule has 1 heterocycles. The monoisotopic (exact) mass is 462 g/mol. The summed E-state index contributed by atoms with van der Waals surface area (Å²) in [4.78, 5) is 8.70. The topological polar surface area (TPSA) is 121 Å². The molecule has 30 heavy (non-hydrogen) atoms. The van der Waals surface area contributed by atoms with Crippen molar-refractivity contribution in [2.24, 2.45) is 0 Å². The van der Waals surface area contributed by atoms with Crippen LogP contribution in [0, 0.1) is 22.7 Å². The zero-order valence-corrected chi connectivity index (χ0v) is 18.1. The fourth-order valence-corrected chi connectivity index (χ4v) is 3.15. The largest absolute Gasteiger partial charge is 0.437 e. The summed E-state index contributed by atoms with van der Waals surface area (Å²) in [6.07, 6.45) is 1.40. The molecular weight excluding hydrogens is 444 g/mol. The Morgan fingerprint density at radius 1 is 1.00 bits per heavy atom. The van der Waals surface area contributed by atoms with E-state index >= 15 is 0 Å². The number of nitrogens with one attached hydrogen (secondary N) is 1. The van der Waals surface area contributed by atoms with Crippen LogP contribution in [0.5, 0.6) is 11.6 Å². The van der Waals surface area contributed by atoms with E-state index in [9.17, 15) is 5.26 Å². The van der Waals surface area contributed by atoms with Gasteiger partial charge in [-0.15, -0.1) is 0 Å². The lowest BCUT2D eigenvalue weighted by molar-refractivity contribution is 0.449. The number of nitrogen functional groups attached to an aromatic ring is 1. The van der Waals surface area contributed by atoms with Crippen molar-refractivity contribution in [3.8, 4) is 23.8 Å². The van der Waals surface area contributed by atoms with Crippen LogP contribution in [-0.4, -0.2) is 9.97 Å². The summed E-state index contributed by atoms with van der Waals surface area (Å²) >= 11 is 3.41. The quantitative estimate of drug-likeness (QED) is 0.514. The van der Waals surface area contributed by atoms with E-state index < -0.39 is 0 Å². The van der Waals surface area contributed by atoms with Gasteiger partial charge in [0.25, 0.3) is 0 Å². The average molecular weight is 463 g/mol. The minimum atomic E-state index is 0.223. The molecule has 0 atom stereocenters. The summed E-state index contributed by atoms with van der Waals surface area (Å²) in [5.74, 6) is 1.43. The van der Waals surface area contributed by atoms with E-state index in [1.165, 1.54) is 0 Å². The highest BCUT2D eigenvalue weighted by Crippen LogP contribution is 2.37. The molecule has 0 saturated heterocycles. The fourth-order valence-electron chi connectivity index (χ4n) is 2.90. The third-order valence-corrected chi connectivity index (χ3v) is 5.19. The molecule has 0 aliphatic heterocycles. The van der Waals surface area contributed by atoms with Crippen LogP contribution in [0.2, 0.25) is 0 Å². The first-order chi connectivity index (χ1) is 14.5. The maximum absolute atomic E-state index is 9.29. The lowest BCUT2D eigenvalue weighted by Gasteiger charge is -2.16. The number of hydrogen-bond donors (Lipinski definition) is 2. The van der Waals surface area contributed by atoms with Gasteiger partial charge in [-0.05, 0) is 76.3 Å². The minimum absolute atomic E-state index is 0.223. The van der Waals surface area contributed by atoms with Gasteiger partial charge in [-0.2, -0.15) is 20.5 Å². The second-order valence-corrected chi connectivity index (χ2v) is 7.20. The third-order valence-electron chi connectivity index (χ3n) is 4.45. The van der Waals surface area contributed by atoms with Gasteiger partial charge in [0.15, 0.2) is 0 Å². The van der Waals surface area contributed by atoms with Gasteiger partial charge < -0.3 is 15.8 Å². The molecule has 7 nitrogen and oxygen atoms in total. The van der Waals surface area contributed by atoms with E-state index in [0.29, 0.717) is 39.9 Å². The molecule has 3 aromatic rings. The molecule has 0 unspecified atom stereocenters. The number of nitrogens with zero attached hydrogens (tertiary/aromatic N) is 4. The van der Waals surface area contributed by atoms with Crippen molar-refractivity contribution in [3.05, 3.63) is 63.1 Å². The average Bonchev–Trinajstić information content (AvgIpc) is 2.77. The van der Waals surface area contributed by atoms with Crippen molar-refractivity contribution in [1.29, 1.82) is 10.5 Å². The van der Waals surface area contributed by atoms with Crippen molar-refractivity contribution in [2.45, 2.75) is 26.7 Å². The van der Waals surface area contributed by atoms with Crippen molar-refractivity contribution < 1.29 is 4.74 Å². The fraction of sp³-hybridized carbons (Fsp3) is 0.182. The number of hydrogen-bond acceptors (Lipinski definition) is 7. The van der Waals surface area contributed by atoms with E-state index in [1.807, 2.05) is 26.0 Å². The molecule has 0 fully saturated rings. The molecule has 0 radical (unpaired) electrons. The number of benzene rings is 2. The zero-order valence-electron chi connectivity index (χ0n) is 16.5. The number of anilines is 3. The van der Waals surface area contributed by atoms with Crippen molar-refractivity contribution in [3.63, 3.8) is 0 Å². The van der Waals surface area contributed by atoms with E-state index in [0.717, 1.165) is 11.1 Å². The van der Waals surface area contributed by atoms with Crippen molar-refractivity contribution in [1.82, 2.24) is 9.97 Å². The molecule has 0 saturated carbocycles. The van der Waals surface area contributed by atoms with Crippen LogP contribution in [0.4, 0.5) is 17.5 Å². The number of aromatic nitrogens is 2. The summed E-state index contributed by atoms with van der Waals surface area (Å²) in [6.45, 7) is 4.01. The summed E-state index contributed by atoms with van der Waals surface area (Å²) in [5.41, 5.74) is 9.75. The summed E-state index contributed by atoms with van der Waals surface area (Å²) in [5, 5.41) is 21.3. The van der Waals surface area contributed by atoms with Crippen LogP contribution in [-0.2, 0) is 12.8 Å². The van der Waals surface area contributed by atoms with Gasteiger partial charge in [0.1, 0.15) is 16.0 Å². The summed E-state index contributed by atoms with van der Waals surface area (Å²) < 4.78 is 6.62. The Morgan fingerprint density at radius 3 is 2.13 bits per heavy atom. The highest BCUT2D eigenvalue weighted by molar-refractivity contribution is 9.10. The molecule has 0 aliphatic carbocycles. The van der Waals surface area contributed by atoms with E-state index in [4.69, 9.17) is 15.7 Å². The lowest BCUT2D eigenvalue weighted by atomic mass is 10.0. The number of nitrogens with two attached hydrogens (primary N) is 1. The Balaban J connectivity index is 1.99. The Kier molecular flexibility index (Phi) is 6.51. The molecule has 8 heteroatoms. The summed E-state index contributed by atoms with van der Waals surface area (Å²) in [7, 11) is 0. The van der Waals surface area contributed by atoms with Crippen LogP contribution in [0.1, 0.15) is 36.1 Å². The first-order valence-corrected chi connectivity index (χ1v) is 10.1. The third kappa shape index (κ3) is 4.51. The molecule has 0 spiro atoms. The molecule has 0 aliphatic rings. The molecule has 1 aromatic heterocycles. The lowest BCUT2D eigenvalue weighted by Crippen LogP contribution is -2.05. The standard InChI is InChI=1S/C22H19BrN6O/c1-3-15-9-14(12-25)10-16(4-2)19(15)30-21-18(23)20(26)28-22(29-21)27-17-7-5-13(11-24)6-8-17/h5-10H,3-4H2,1-2H3,(H3,26,27,28,29). The van der Waals surface area contributed by atoms with E-state index in [-0.39, 0.29) is 17.6 Å². The maximum Gasteiger partial charge on any atom is 0.240 e. The normalized spacial score (nSPS) is 10.2. The van der Waals surface area contributed by atoms with Gasteiger partial charge in [-0.3, -0.25) is 0 Å². The number of rotatable bonds is 6. The second-order valence-electron chi connectivity index (χ2n) is 6.41. The summed E-state index contributed by atoms with van der Waals surface area (Å²) in [6, 6.07) is 14.8. The smallest absolute Gasteiger partial charge is 0.240 e. The number of aryl methyl sites for hydroxylation is 2. The van der Waals surface area contributed by atoms with Crippen LogP contribution in [0.3, 0.4) is 0 Å². The number of ether oxygens (including phenoxy) is 1. The van der Waals surface area contributed by atoms with Gasteiger partial charge in [-0.1, -0.05) is 13.8 Å². The molecule has 3 rings (SSSR count). The van der Waals surface area contributed by atoms with Gasteiger partial charge in [0, 0.05) is 5.69 Å². The Hall–Kier alpha value is -3.62. The highest BCUT2D eigenvalue weighted by atomic mass is 79.9. The second kappa shape index (κ2) is 9.25. The molecule has 0 amide bonds. The van der Waals surface area contributed by atoms with Gasteiger partial charge in [-0.25, -0.2) is 0 Å². The van der Waals surface area contributed by atoms with Crippen LogP contribution in [0.25, 0.3) is 0 Å².